The summed E-state index contributed by atoms with van der Waals surface area (Å²) >= 11 is 1.51. The van der Waals surface area contributed by atoms with Crippen molar-refractivity contribution >= 4 is 23.2 Å². The highest BCUT2D eigenvalue weighted by Crippen LogP contribution is 2.23. The van der Waals surface area contributed by atoms with E-state index >= 15 is 0 Å². The summed E-state index contributed by atoms with van der Waals surface area (Å²) in [6, 6.07) is 5.31. The molecule has 2 aromatic rings. The zero-order valence-electron chi connectivity index (χ0n) is 7.68. The fourth-order valence-corrected chi connectivity index (χ4v) is 1.83. The number of amides is 1. The van der Waals surface area contributed by atoms with Gasteiger partial charge in [0, 0.05) is 0 Å². The average Bonchev–Trinajstić information content (AvgIpc) is 2.69. The minimum atomic E-state index is -0.609. The molecular weight excluding hydrogens is 212 g/mol. The molecule has 0 aromatic carbocycles. The number of primary amides is 1. The zero-order valence-corrected chi connectivity index (χ0v) is 8.49. The lowest BCUT2D eigenvalue weighted by Gasteiger charge is -2.00. The molecule has 0 spiro atoms. The molecule has 0 aliphatic carbocycles. The van der Waals surface area contributed by atoms with Crippen molar-refractivity contribution < 1.29 is 4.79 Å². The first-order valence-electron chi connectivity index (χ1n) is 4.15. The Kier molecular flexibility index (Phi) is 2.34. The molecule has 0 bridgehead atoms. The van der Waals surface area contributed by atoms with Gasteiger partial charge in [-0.05, 0) is 17.5 Å². The fourth-order valence-electron chi connectivity index (χ4n) is 1.14. The van der Waals surface area contributed by atoms with E-state index in [1.165, 1.54) is 17.4 Å². The van der Waals surface area contributed by atoms with Gasteiger partial charge in [0.2, 0.25) is 5.95 Å². The molecule has 0 saturated heterocycles. The smallest absolute Gasteiger partial charge is 0.267 e. The molecule has 0 atom stereocenters. The predicted octanol–water partition coefficient (Wildman–Crippen LogP) is 0.886. The lowest BCUT2D eigenvalue weighted by atomic mass is 10.3. The molecule has 2 rings (SSSR count). The van der Waals surface area contributed by atoms with E-state index in [4.69, 9.17) is 11.5 Å². The van der Waals surface area contributed by atoms with Gasteiger partial charge in [-0.15, -0.1) is 11.3 Å². The van der Waals surface area contributed by atoms with Crippen molar-refractivity contribution in [1.82, 2.24) is 9.97 Å². The van der Waals surface area contributed by atoms with E-state index < -0.39 is 5.91 Å². The molecule has 0 aliphatic heterocycles. The van der Waals surface area contributed by atoms with Gasteiger partial charge in [0.05, 0.1) is 10.6 Å². The van der Waals surface area contributed by atoms with Gasteiger partial charge in [0.1, 0.15) is 5.69 Å². The van der Waals surface area contributed by atoms with Gasteiger partial charge in [-0.3, -0.25) is 4.79 Å². The van der Waals surface area contributed by atoms with Crippen molar-refractivity contribution in [2.45, 2.75) is 0 Å². The summed E-state index contributed by atoms with van der Waals surface area (Å²) in [6.07, 6.45) is 0. The Balaban J connectivity index is 2.54. The van der Waals surface area contributed by atoms with Crippen LogP contribution in [0.4, 0.5) is 5.95 Å². The van der Waals surface area contributed by atoms with E-state index in [1.54, 1.807) is 0 Å². The minimum absolute atomic E-state index is 0.0506. The lowest BCUT2D eigenvalue weighted by Crippen LogP contribution is -2.14. The molecule has 6 heteroatoms. The Morgan fingerprint density at radius 3 is 2.80 bits per heavy atom. The number of carbonyl (C=O) groups is 1. The Bertz CT molecular complexity index is 495. The first kappa shape index (κ1) is 9.60. The number of hydrogen-bond acceptors (Lipinski definition) is 5. The number of rotatable bonds is 2. The second kappa shape index (κ2) is 3.66. The van der Waals surface area contributed by atoms with Crippen LogP contribution in [0.2, 0.25) is 0 Å². The van der Waals surface area contributed by atoms with Gasteiger partial charge in [-0.2, -0.15) is 0 Å². The quantitative estimate of drug-likeness (QED) is 0.785. The minimum Gasteiger partial charge on any atom is -0.368 e. The van der Waals surface area contributed by atoms with Crippen molar-refractivity contribution in [3.8, 4) is 10.6 Å². The normalized spacial score (nSPS) is 10.1. The van der Waals surface area contributed by atoms with Crippen LogP contribution in [0.25, 0.3) is 10.6 Å². The molecule has 76 valence electrons. The molecule has 2 heterocycles. The number of carbonyl (C=O) groups excluding carboxylic acids is 1. The van der Waals surface area contributed by atoms with E-state index in [2.05, 4.69) is 9.97 Å². The SMILES string of the molecule is NC(=O)c1cc(-c2cccs2)nc(N)n1. The van der Waals surface area contributed by atoms with E-state index in [-0.39, 0.29) is 11.6 Å². The maximum atomic E-state index is 11.0. The highest BCUT2D eigenvalue weighted by Gasteiger charge is 2.08. The third-order valence-electron chi connectivity index (χ3n) is 1.77. The van der Waals surface area contributed by atoms with E-state index in [0.717, 1.165) is 4.88 Å². The van der Waals surface area contributed by atoms with E-state index in [9.17, 15) is 4.79 Å². The van der Waals surface area contributed by atoms with E-state index in [0.29, 0.717) is 5.69 Å². The van der Waals surface area contributed by atoms with Gasteiger partial charge in [0.25, 0.3) is 5.91 Å². The van der Waals surface area contributed by atoms with Crippen LogP contribution in [0, 0.1) is 0 Å². The maximum absolute atomic E-state index is 11.0. The number of nitrogen functional groups attached to an aromatic ring is 1. The van der Waals surface area contributed by atoms with Gasteiger partial charge >= 0.3 is 0 Å². The van der Waals surface area contributed by atoms with Gasteiger partial charge in [-0.1, -0.05) is 6.07 Å². The Morgan fingerprint density at radius 1 is 1.40 bits per heavy atom. The van der Waals surface area contributed by atoms with Crippen LogP contribution < -0.4 is 11.5 Å². The van der Waals surface area contributed by atoms with Crippen LogP contribution in [0.3, 0.4) is 0 Å². The summed E-state index contributed by atoms with van der Waals surface area (Å²) in [6.45, 7) is 0. The van der Waals surface area contributed by atoms with Crippen molar-refractivity contribution in [3.05, 3.63) is 29.3 Å². The second-order valence-corrected chi connectivity index (χ2v) is 3.79. The molecule has 1 amide bonds. The number of thiophene rings is 1. The summed E-state index contributed by atoms with van der Waals surface area (Å²) in [5.74, 6) is -0.559. The summed E-state index contributed by atoms with van der Waals surface area (Å²) in [5.41, 5.74) is 11.3. The lowest BCUT2D eigenvalue weighted by molar-refractivity contribution is 0.0995. The Hall–Kier alpha value is -1.95. The van der Waals surface area contributed by atoms with Crippen LogP contribution in [0.1, 0.15) is 10.5 Å². The first-order chi connectivity index (χ1) is 7.16. The zero-order chi connectivity index (χ0) is 10.8. The van der Waals surface area contributed by atoms with Gasteiger partial charge in [-0.25, -0.2) is 9.97 Å². The number of nitrogens with two attached hydrogens (primary N) is 2. The number of nitrogens with zero attached hydrogens (tertiary/aromatic N) is 2. The van der Waals surface area contributed by atoms with Crippen LogP contribution in [-0.2, 0) is 0 Å². The highest BCUT2D eigenvalue weighted by molar-refractivity contribution is 7.13. The molecule has 0 aliphatic rings. The monoisotopic (exact) mass is 220 g/mol. The topological polar surface area (TPSA) is 94.9 Å². The molecule has 4 N–H and O–H groups in total. The Labute approximate surface area is 89.8 Å². The van der Waals surface area contributed by atoms with E-state index in [1.807, 2.05) is 17.5 Å². The molecular formula is C9H8N4OS. The summed E-state index contributed by atoms with van der Waals surface area (Å²) in [7, 11) is 0. The second-order valence-electron chi connectivity index (χ2n) is 2.84. The fraction of sp³-hybridized carbons (Fsp3) is 0. The predicted molar refractivity (Wildman–Crippen MR) is 58.3 cm³/mol. The molecule has 5 nitrogen and oxygen atoms in total. The third kappa shape index (κ3) is 1.94. The standard InChI is InChI=1S/C9H8N4OS/c10-8(14)6-4-5(12-9(11)13-6)7-2-1-3-15-7/h1-4H,(H2,10,14)(H2,11,12,13). The molecule has 2 aromatic heterocycles. The largest absolute Gasteiger partial charge is 0.368 e. The summed E-state index contributed by atoms with van der Waals surface area (Å²) in [4.78, 5) is 19.6. The summed E-state index contributed by atoms with van der Waals surface area (Å²) < 4.78 is 0. The molecule has 0 unspecified atom stereocenters. The summed E-state index contributed by atoms with van der Waals surface area (Å²) in [5, 5.41) is 1.91. The molecule has 0 radical (unpaired) electrons. The highest BCUT2D eigenvalue weighted by atomic mass is 32.1. The van der Waals surface area contributed by atoms with Crippen LogP contribution in [-0.4, -0.2) is 15.9 Å². The number of anilines is 1. The molecule has 0 fully saturated rings. The Morgan fingerprint density at radius 2 is 2.20 bits per heavy atom. The maximum Gasteiger partial charge on any atom is 0.267 e. The molecule has 0 saturated carbocycles. The van der Waals surface area contributed by atoms with Crippen molar-refractivity contribution in [2.24, 2.45) is 5.73 Å². The van der Waals surface area contributed by atoms with Crippen LogP contribution in [0.5, 0.6) is 0 Å². The van der Waals surface area contributed by atoms with Crippen molar-refractivity contribution in [3.63, 3.8) is 0 Å². The first-order valence-corrected chi connectivity index (χ1v) is 5.03. The average molecular weight is 220 g/mol. The van der Waals surface area contributed by atoms with Crippen LogP contribution >= 0.6 is 11.3 Å². The number of hydrogen-bond donors (Lipinski definition) is 2. The van der Waals surface area contributed by atoms with Crippen molar-refractivity contribution in [1.29, 1.82) is 0 Å². The third-order valence-corrected chi connectivity index (χ3v) is 2.66. The van der Waals surface area contributed by atoms with Gasteiger partial charge in [0.15, 0.2) is 0 Å². The van der Waals surface area contributed by atoms with Crippen molar-refractivity contribution in [2.75, 3.05) is 5.73 Å². The van der Waals surface area contributed by atoms with Crippen LogP contribution in [0.15, 0.2) is 23.6 Å². The number of aromatic nitrogens is 2. The van der Waals surface area contributed by atoms with Gasteiger partial charge < -0.3 is 11.5 Å². The molecule has 15 heavy (non-hydrogen) atoms.